The molecule has 9 atom stereocenters. The van der Waals surface area contributed by atoms with Crippen molar-refractivity contribution in [3.8, 4) is 0 Å². The maximum atomic E-state index is 13.0. The van der Waals surface area contributed by atoms with E-state index in [4.69, 9.17) is 27.9 Å². The van der Waals surface area contributed by atoms with Crippen LogP contribution in [0.15, 0.2) is 0 Å². The van der Waals surface area contributed by atoms with E-state index in [0.717, 1.165) is 44.3 Å². The average molecular weight is 480 g/mol. The summed E-state index contributed by atoms with van der Waals surface area (Å²) in [7, 11) is 0. The molecule has 4 fully saturated rings. The molecule has 4 rings (SSSR count). The molecule has 2 aliphatic heterocycles. The van der Waals surface area contributed by atoms with Crippen LogP contribution in [0.4, 0.5) is 0 Å². The fourth-order valence-electron chi connectivity index (χ4n) is 5.50. The fourth-order valence-corrected chi connectivity index (χ4v) is 7.64. The topological polar surface area (TPSA) is 99.7 Å². The second-order valence-corrected chi connectivity index (χ2v) is 11.3. The number of ether oxygens (including phenoxy) is 1. The molecular formula is C20H31Cl2N3O4S. The minimum Gasteiger partial charge on any atom is -0.481 e. The van der Waals surface area contributed by atoms with Crippen LogP contribution in [0.25, 0.3) is 0 Å². The van der Waals surface area contributed by atoms with Gasteiger partial charge in [-0.05, 0) is 38.0 Å². The van der Waals surface area contributed by atoms with E-state index in [9.17, 15) is 14.7 Å². The number of thioether (sulfide) groups is 1. The van der Waals surface area contributed by atoms with Gasteiger partial charge >= 0.3 is 5.97 Å². The summed E-state index contributed by atoms with van der Waals surface area (Å²) in [5.41, 5.74) is -0.176. The first-order valence-corrected chi connectivity index (χ1v) is 12.9. The van der Waals surface area contributed by atoms with Crippen molar-refractivity contribution in [3.63, 3.8) is 0 Å². The minimum atomic E-state index is -0.785. The van der Waals surface area contributed by atoms with Gasteiger partial charge in [0.05, 0.1) is 18.8 Å². The Balaban J connectivity index is 1.33. The molecule has 2 saturated carbocycles. The number of rotatable bonds is 5. The summed E-state index contributed by atoms with van der Waals surface area (Å²) in [6.07, 6.45) is 5.73. The second-order valence-electron chi connectivity index (χ2n) is 8.94. The molecule has 7 nitrogen and oxygen atoms in total. The molecule has 30 heavy (non-hydrogen) atoms. The number of aliphatic carboxylic acids is 1. The van der Waals surface area contributed by atoms with Crippen molar-refractivity contribution >= 4 is 46.8 Å². The minimum absolute atomic E-state index is 0.0577. The highest BCUT2D eigenvalue weighted by Gasteiger charge is 2.46. The zero-order chi connectivity index (χ0) is 21.3. The van der Waals surface area contributed by atoms with Crippen molar-refractivity contribution in [2.75, 3.05) is 12.5 Å². The maximum Gasteiger partial charge on any atom is 0.306 e. The number of amides is 1. The first kappa shape index (κ1) is 22.9. The summed E-state index contributed by atoms with van der Waals surface area (Å²) < 4.78 is 5.82. The predicted octanol–water partition coefficient (Wildman–Crippen LogP) is 2.31. The van der Waals surface area contributed by atoms with Gasteiger partial charge in [0.25, 0.3) is 0 Å². The molecule has 0 bridgehead atoms. The van der Waals surface area contributed by atoms with Crippen LogP contribution in [0.1, 0.15) is 44.9 Å². The van der Waals surface area contributed by atoms with Crippen LogP contribution in [0, 0.1) is 17.8 Å². The van der Waals surface area contributed by atoms with Crippen molar-refractivity contribution in [2.45, 2.75) is 79.4 Å². The van der Waals surface area contributed by atoms with E-state index in [2.05, 4.69) is 16.0 Å². The first-order chi connectivity index (χ1) is 14.4. The Morgan fingerprint density at radius 2 is 1.90 bits per heavy atom. The lowest BCUT2D eigenvalue weighted by Crippen LogP contribution is -2.55. The third kappa shape index (κ3) is 5.04. The normalized spacial score (nSPS) is 44.7. The molecule has 170 valence electrons. The largest absolute Gasteiger partial charge is 0.481 e. The Hall–Kier alpha value is -0.250. The van der Waals surface area contributed by atoms with Gasteiger partial charge in [0.1, 0.15) is 11.5 Å². The Bertz CT molecular complexity index is 645. The van der Waals surface area contributed by atoms with Gasteiger partial charge in [-0.25, -0.2) is 0 Å². The number of hydrogen-bond acceptors (Lipinski definition) is 6. The average Bonchev–Trinajstić information content (AvgIpc) is 3.37. The molecule has 2 saturated heterocycles. The predicted molar refractivity (Wildman–Crippen MR) is 118 cm³/mol. The summed E-state index contributed by atoms with van der Waals surface area (Å²) in [4.78, 5) is 24.7. The molecule has 0 spiro atoms. The van der Waals surface area contributed by atoms with Gasteiger partial charge in [0.2, 0.25) is 5.91 Å². The van der Waals surface area contributed by atoms with Crippen LogP contribution in [0.2, 0.25) is 0 Å². The standard InChI is InChI=1S/C20H31Cl2N3O4S/c21-10-5-6-13(14(22)7-10)15-8-30-20(24-15)25-18(26)16-17(29-9-23-16)11-3-1-2-4-12(11)19(27)28/h10-17,20,23-24H,1-9H2,(H,25,26)(H,27,28). The van der Waals surface area contributed by atoms with Crippen LogP contribution in [-0.2, 0) is 14.3 Å². The molecule has 2 heterocycles. The van der Waals surface area contributed by atoms with E-state index in [1.54, 1.807) is 11.8 Å². The highest BCUT2D eigenvalue weighted by atomic mass is 35.5. The summed E-state index contributed by atoms with van der Waals surface area (Å²) in [5.74, 6) is -0.248. The van der Waals surface area contributed by atoms with Gasteiger partial charge in [-0.2, -0.15) is 0 Å². The first-order valence-electron chi connectivity index (χ1n) is 11.0. The summed E-state index contributed by atoms with van der Waals surface area (Å²) >= 11 is 14.5. The molecule has 2 aliphatic carbocycles. The molecule has 4 N–H and O–H groups in total. The van der Waals surface area contributed by atoms with Gasteiger partial charge in [-0.3, -0.25) is 20.2 Å². The van der Waals surface area contributed by atoms with E-state index >= 15 is 0 Å². The highest BCUT2D eigenvalue weighted by Crippen LogP contribution is 2.38. The highest BCUT2D eigenvalue weighted by molar-refractivity contribution is 8.00. The zero-order valence-electron chi connectivity index (χ0n) is 16.9. The Kier molecular flexibility index (Phi) is 7.74. The van der Waals surface area contributed by atoms with Crippen molar-refractivity contribution in [1.82, 2.24) is 16.0 Å². The molecule has 1 amide bonds. The van der Waals surface area contributed by atoms with Crippen LogP contribution in [0.3, 0.4) is 0 Å². The summed E-state index contributed by atoms with van der Waals surface area (Å²) in [5, 5.41) is 19.6. The van der Waals surface area contributed by atoms with Crippen LogP contribution in [-0.4, -0.2) is 63.9 Å². The quantitative estimate of drug-likeness (QED) is 0.448. The number of alkyl halides is 2. The second kappa shape index (κ2) is 10.1. The van der Waals surface area contributed by atoms with E-state index in [1.807, 2.05) is 0 Å². The van der Waals surface area contributed by atoms with Crippen LogP contribution >= 0.6 is 35.0 Å². The van der Waals surface area contributed by atoms with Crippen molar-refractivity contribution < 1.29 is 19.4 Å². The van der Waals surface area contributed by atoms with Gasteiger partial charge in [0, 0.05) is 28.5 Å². The van der Waals surface area contributed by atoms with Crippen molar-refractivity contribution in [1.29, 1.82) is 0 Å². The smallest absolute Gasteiger partial charge is 0.306 e. The molecule has 0 radical (unpaired) electrons. The molecule has 10 heteroatoms. The Morgan fingerprint density at radius 1 is 1.10 bits per heavy atom. The van der Waals surface area contributed by atoms with Crippen LogP contribution in [0.5, 0.6) is 0 Å². The lowest BCUT2D eigenvalue weighted by atomic mass is 9.74. The van der Waals surface area contributed by atoms with Gasteiger partial charge in [-0.15, -0.1) is 35.0 Å². The molecule has 0 aromatic heterocycles. The summed E-state index contributed by atoms with van der Waals surface area (Å²) in [6, 6.07) is -0.269. The van der Waals surface area contributed by atoms with E-state index in [-0.39, 0.29) is 40.8 Å². The number of halogens is 2. The van der Waals surface area contributed by atoms with Gasteiger partial charge in [0.15, 0.2) is 0 Å². The zero-order valence-corrected chi connectivity index (χ0v) is 19.2. The number of carbonyl (C=O) groups excluding carboxylic acids is 1. The fraction of sp³-hybridized carbons (Fsp3) is 0.900. The van der Waals surface area contributed by atoms with E-state index in [1.165, 1.54) is 0 Å². The van der Waals surface area contributed by atoms with E-state index < -0.39 is 24.0 Å². The Morgan fingerprint density at radius 3 is 2.67 bits per heavy atom. The third-order valence-corrected chi connectivity index (χ3v) is 9.14. The molecule has 4 aliphatic rings. The van der Waals surface area contributed by atoms with E-state index in [0.29, 0.717) is 12.3 Å². The lowest BCUT2D eigenvalue weighted by molar-refractivity contribution is -0.148. The number of carboxylic acid groups (broad SMARTS) is 1. The van der Waals surface area contributed by atoms with Crippen molar-refractivity contribution in [3.05, 3.63) is 0 Å². The third-order valence-electron chi connectivity index (χ3n) is 7.11. The lowest BCUT2D eigenvalue weighted by Gasteiger charge is -2.35. The molecule has 0 aromatic carbocycles. The van der Waals surface area contributed by atoms with Gasteiger partial charge in [-0.1, -0.05) is 12.8 Å². The molecule has 9 unspecified atom stereocenters. The monoisotopic (exact) mass is 479 g/mol. The van der Waals surface area contributed by atoms with Crippen LogP contribution < -0.4 is 16.0 Å². The molecular weight excluding hydrogens is 449 g/mol. The SMILES string of the molecule is O=C(O)C1CCCCC1C1OCNC1C(=O)NC1NC(C2CCC(Cl)CC2Cl)CS1. The Labute approximate surface area is 191 Å². The number of carbonyl (C=O) groups is 2. The number of nitrogens with one attached hydrogen (secondary N) is 3. The van der Waals surface area contributed by atoms with Gasteiger partial charge < -0.3 is 15.2 Å². The van der Waals surface area contributed by atoms with Crippen molar-refractivity contribution in [2.24, 2.45) is 17.8 Å². The molecule has 0 aromatic rings. The number of carboxylic acids is 1. The maximum absolute atomic E-state index is 13.0. The summed E-state index contributed by atoms with van der Waals surface area (Å²) in [6.45, 7) is 0.273. The number of hydrogen-bond donors (Lipinski definition) is 4.